The number of carbonyl (C=O) groups excluding carboxylic acids is 1. The van der Waals surface area contributed by atoms with Crippen molar-refractivity contribution < 1.29 is 9.53 Å². The number of ether oxygens (including phenoxy) is 1. The number of carbonyl (C=O) groups is 1. The summed E-state index contributed by atoms with van der Waals surface area (Å²) in [5.41, 5.74) is 0. The van der Waals surface area contributed by atoms with Crippen molar-refractivity contribution in [1.82, 2.24) is 9.59 Å². The minimum Gasteiger partial charge on any atom is -0.381 e. The van der Waals surface area contributed by atoms with Crippen molar-refractivity contribution in [3.8, 4) is 0 Å². The summed E-state index contributed by atoms with van der Waals surface area (Å²) in [5, 5.41) is 7.15. The first kappa shape index (κ1) is 11.5. The Kier molecular flexibility index (Phi) is 4.24. The number of amides is 1. The predicted octanol–water partition coefficient (Wildman–Crippen LogP) is 1.68. The molecule has 88 valence electrons. The van der Waals surface area contributed by atoms with Gasteiger partial charge in [0.05, 0.1) is 6.20 Å². The van der Waals surface area contributed by atoms with Crippen LogP contribution in [0.1, 0.15) is 25.7 Å². The monoisotopic (exact) mass is 241 g/mol. The number of hydrogen-bond acceptors (Lipinski definition) is 5. The fraction of sp³-hybridized carbons (Fsp3) is 0.700. The van der Waals surface area contributed by atoms with Gasteiger partial charge in [-0.25, -0.2) is 0 Å². The average molecular weight is 241 g/mol. The van der Waals surface area contributed by atoms with E-state index in [0.717, 1.165) is 26.1 Å². The number of hydrogen-bond donors (Lipinski definition) is 1. The molecule has 2 heterocycles. The first-order valence-corrected chi connectivity index (χ1v) is 6.27. The topological polar surface area (TPSA) is 64.1 Å². The molecule has 2 rings (SSSR count). The van der Waals surface area contributed by atoms with E-state index in [-0.39, 0.29) is 5.91 Å². The highest BCUT2D eigenvalue weighted by atomic mass is 32.1. The smallest absolute Gasteiger partial charge is 0.225 e. The average Bonchev–Trinajstić information content (AvgIpc) is 2.81. The van der Waals surface area contributed by atoms with E-state index < -0.39 is 0 Å². The molecule has 1 fully saturated rings. The van der Waals surface area contributed by atoms with E-state index in [0.29, 0.717) is 17.3 Å². The van der Waals surface area contributed by atoms with Crippen LogP contribution in [0.2, 0.25) is 0 Å². The first-order chi connectivity index (χ1) is 7.84. The van der Waals surface area contributed by atoms with Gasteiger partial charge in [0, 0.05) is 31.2 Å². The van der Waals surface area contributed by atoms with E-state index in [1.807, 2.05) is 0 Å². The molecule has 0 aromatic carbocycles. The molecule has 1 aromatic heterocycles. The molecule has 1 N–H and O–H groups in total. The molecule has 1 aliphatic rings. The van der Waals surface area contributed by atoms with Crippen LogP contribution < -0.4 is 5.32 Å². The summed E-state index contributed by atoms with van der Waals surface area (Å²) in [5.74, 6) is 0.579. The van der Waals surface area contributed by atoms with Gasteiger partial charge in [-0.2, -0.15) is 0 Å². The second-order valence-electron chi connectivity index (χ2n) is 3.95. The first-order valence-electron chi connectivity index (χ1n) is 5.49. The van der Waals surface area contributed by atoms with Crippen molar-refractivity contribution in [3.05, 3.63) is 6.20 Å². The van der Waals surface area contributed by atoms with Crippen LogP contribution in [0.25, 0.3) is 0 Å². The summed E-state index contributed by atoms with van der Waals surface area (Å²) < 4.78 is 9.05. The fourth-order valence-corrected chi connectivity index (χ4v) is 2.23. The number of nitrogens with zero attached hydrogens (tertiary/aromatic N) is 2. The van der Waals surface area contributed by atoms with Crippen molar-refractivity contribution in [2.24, 2.45) is 5.92 Å². The number of rotatable bonds is 4. The molecule has 1 saturated heterocycles. The van der Waals surface area contributed by atoms with Gasteiger partial charge in [0.2, 0.25) is 5.91 Å². The predicted molar refractivity (Wildman–Crippen MR) is 61.3 cm³/mol. The van der Waals surface area contributed by atoms with E-state index in [4.69, 9.17) is 4.74 Å². The summed E-state index contributed by atoms with van der Waals surface area (Å²) in [6, 6.07) is 0. The SMILES string of the molecule is O=C(CCC1CCCOC1)Nc1cnns1. The van der Waals surface area contributed by atoms with E-state index in [9.17, 15) is 4.79 Å². The molecule has 1 amide bonds. The maximum Gasteiger partial charge on any atom is 0.225 e. The summed E-state index contributed by atoms with van der Waals surface area (Å²) in [7, 11) is 0. The Morgan fingerprint density at radius 1 is 1.69 bits per heavy atom. The lowest BCUT2D eigenvalue weighted by Crippen LogP contribution is -2.19. The van der Waals surface area contributed by atoms with Gasteiger partial charge in [-0.3, -0.25) is 4.79 Å². The van der Waals surface area contributed by atoms with Crippen LogP contribution in [0.4, 0.5) is 5.00 Å². The normalized spacial score (nSPS) is 20.6. The Morgan fingerprint density at radius 2 is 2.62 bits per heavy atom. The molecule has 0 spiro atoms. The lowest BCUT2D eigenvalue weighted by atomic mass is 9.97. The molecule has 16 heavy (non-hydrogen) atoms. The van der Waals surface area contributed by atoms with Gasteiger partial charge < -0.3 is 10.1 Å². The third-order valence-corrected chi connectivity index (χ3v) is 3.24. The zero-order valence-corrected chi connectivity index (χ0v) is 9.83. The lowest BCUT2D eigenvalue weighted by molar-refractivity contribution is -0.116. The van der Waals surface area contributed by atoms with Crippen molar-refractivity contribution in [3.63, 3.8) is 0 Å². The highest BCUT2D eigenvalue weighted by molar-refractivity contribution is 7.10. The summed E-state index contributed by atoms with van der Waals surface area (Å²) in [6.07, 6.45) is 5.30. The van der Waals surface area contributed by atoms with Gasteiger partial charge in [0.25, 0.3) is 0 Å². The molecule has 5 nitrogen and oxygen atoms in total. The third kappa shape index (κ3) is 3.53. The lowest BCUT2D eigenvalue weighted by Gasteiger charge is -2.21. The zero-order chi connectivity index (χ0) is 11.2. The van der Waals surface area contributed by atoms with E-state index in [2.05, 4.69) is 14.9 Å². The van der Waals surface area contributed by atoms with Crippen LogP contribution in [-0.2, 0) is 9.53 Å². The Morgan fingerprint density at radius 3 is 3.31 bits per heavy atom. The second kappa shape index (κ2) is 5.91. The summed E-state index contributed by atoms with van der Waals surface area (Å²) in [6.45, 7) is 1.67. The molecule has 1 aromatic rings. The van der Waals surface area contributed by atoms with Gasteiger partial charge in [0.1, 0.15) is 5.00 Å². The minimum absolute atomic E-state index is 0.0385. The van der Waals surface area contributed by atoms with Crippen LogP contribution in [0.15, 0.2) is 6.20 Å². The molecule has 0 radical (unpaired) electrons. The molecular formula is C10H15N3O2S. The van der Waals surface area contributed by atoms with Crippen molar-refractivity contribution in [1.29, 1.82) is 0 Å². The number of aromatic nitrogens is 2. The summed E-state index contributed by atoms with van der Waals surface area (Å²) in [4.78, 5) is 11.6. The van der Waals surface area contributed by atoms with Gasteiger partial charge in [0.15, 0.2) is 0 Å². The van der Waals surface area contributed by atoms with E-state index in [1.165, 1.54) is 18.0 Å². The van der Waals surface area contributed by atoms with Gasteiger partial charge in [-0.05, 0) is 25.2 Å². The molecule has 6 heteroatoms. The van der Waals surface area contributed by atoms with Crippen molar-refractivity contribution in [2.45, 2.75) is 25.7 Å². The Bertz CT molecular complexity index is 323. The van der Waals surface area contributed by atoms with Crippen LogP contribution in [-0.4, -0.2) is 28.7 Å². The van der Waals surface area contributed by atoms with Crippen LogP contribution in [0.5, 0.6) is 0 Å². The number of anilines is 1. The second-order valence-corrected chi connectivity index (χ2v) is 4.74. The standard InChI is InChI=1S/C10H15N3O2S/c14-9(12-10-6-11-13-16-10)4-3-8-2-1-5-15-7-8/h6,8H,1-5,7H2,(H,12,14). The molecule has 0 saturated carbocycles. The van der Waals surface area contributed by atoms with Crippen LogP contribution >= 0.6 is 11.5 Å². The minimum atomic E-state index is 0.0385. The Labute approximate surface area is 98.4 Å². The quantitative estimate of drug-likeness (QED) is 0.871. The molecular weight excluding hydrogens is 226 g/mol. The number of nitrogens with one attached hydrogen (secondary N) is 1. The third-order valence-electron chi connectivity index (χ3n) is 2.66. The van der Waals surface area contributed by atoms with Crippen LogP contribution in [0.3, 0.4) is 0 Å². The maximum absolute atomic E-state index is 11.6. The summed E-state index contributed by atoms with van der Waals surface area (Å²) >= 11 is 1.19. The maximum atomic E-state index is 11.6. The molecule has 1 aliphatic heterocycles. The van der Waals surface area contributed by atoms with Crippen molar-refractivity contribution >= 4 is 22.4 Å². The fourth-order valence-electron chi connectivity index (χ4n) is 1.79. The molecule has 1 atom stereocenters. The Hall–Kier alpha value is -1.01. The Balaban J connectivity index is 1.67. The van der Waals surface area contributed by atoms with E-state index >= 15 is 0 Å². The molecule has 0 bridgehead atoms. The van der Waals surface area contributed by atoms with Crippen molar-refractivity contribution in [2.75, 3.05) is 18.5 Å². The molecule has 1 unspecified atom stereocenters. The van der Waals surface area contributed by atoms with Crippen LogP contribution in [0, 0.1) is 5.92 Å². The zero-order valence-electron chi connectivity index (χ0n) is 9.02. The van der Waals surface area contributed by atoms with Gasteiger partial charge >= 0.3 is 0 Å². The molecule has 0 aliphatic carbocycles. The largest absolute Gasteiger partial charge is 0.381 e. The van der Waals surface area contributed by atoms with Gasteiger partial charge in [-0.15, -0.1) is 5.10 Å². The van der Waals surface area contributed by atoms with E-state index in [1.54, 1.807) is 6.20 Å². The van der Waals surface area contributed by atoms with Gasteiger partial charge in [-0.1, -0.05) is 4.49 Å². The highest BCUT2D eigenvalue weighted by Gasteiger charge is 2.15. The highest BCUT2D eigenvalue weighted by Crippen LogP contribution is 2.19.